The van der Waals surface area contributed by atoms with E-state index >= 15 is 0 Å². The zero-order valence-electron chi connectivity index (χ0n) is 26.2. The first-order valence-electron chi connectivity index (χ1n) is 15.5. The third-order valence-electron chi connectivity index (χ3n) is 8.53. The summed E-state index contributed by atoms with van der Waals surface area (Å²) in [6.45, 7) is 11.1. The number of halogens is 1. The van der Waals surface area contributed by atoms with Gasteiger partial charge in [0.25, 0.3) is 0 Å². The van der Waals surface area contributed by atoms with E-state index in [1.165, 1.54) is 0 Å². The van der Waals surface area contributed by atoms with Gasteiger partial charge in [-0.15, -0.1) is 0 Å². The molecule has 2 aromatic carbocycles. The van der Waals surface area contributed by atoms with Crippen LogP contribution in [0.3, 0.4) is 0 Å². The van der Waals surface area contributed by atoms with Gasteiger partial charge in [-0.3, -0.25) is 9.59 Å². The summed E-state index contributed by atoms with van der Waals surface area (Å²) in [5.74, 6) is 0.995. The van der Waals surface area contributed by atoms with Gasteiger partial charge in [-0.1, -0.05) is 49.7 Å². The van der Waals surface area contributed by atoms with Gasteiger partial charge in [-0.05, 0) is 61.2 Å². The molecule has 0 aliphatic carbocycles. The van der Waals surface area contributed by atoms with E-state index in [2.05, 4.69) is 41.1 Å². The number of amides is 2. The maximum atomic E-state index is 13.9. The van der Waals surface area contributed by atoms with Crippen LogP contribution in [-0.2, 0) is 16.0 Å². The Hall–Kier alpha value is -2.69. The Bertz CT molecular complexity index is 1160. The highest BCUT2D eigenvalue weighted by Crippen LogP contribution is 2.23. The number of likely N-dealkylation sites (N-methyl/N-ethyl adjacent to an activating group) is 1. The fourth-order valence-corrected chi connectivity index (χ4v) is 6.13. The normalized spacial score (nSPS) is 18.6. The molecule has 4 rings (SSSR count). The van der Waals surface area contributed by atoms with Gasteiger partial charge in [-0.2, -0.15) is 0 Å². The Balaban J connectivity index is 1.40. The Labute approximate surface area is 262 Å². The number of nitrogens with two attached hydrogens (primary N) is 1. The van der Waals surface area contributed by atoms with Gasteiger partial charge >= 0.3 is 0 Å². The molecule has 2 atom stereocenters. The lowest BCUT2D eigenvalue weighted by Gasteiger charge is -2.47. The third-order valence-corrected chi connectivity index (χ3v) is 8.78. The number of nitrogens with zero attached hydrogens (tertiary/aromatic N) is 4. The van der Waals surface area contributed by atoms with E-state index < -0.39 is 12.1 Å². The number of piperazine rings is 1. The average Bonchev–Trinajstić information content (AvgIpc) is 3.00. The Morgan fingerprint density at radius 3 is 2.21 bits per heavy atom. The number of methoxy groups -OCH3 is 1. The molecule has 2 amide bonds. The highest BCUT2D eigenvalue weighted by Gasteiger charge is 2.34. The molecule has 0 saturated carbocycles. The van der Waals surface area contributed by atoms with Crippen LogP contribution in [0.2, 0.25) is 5.02 Å². The first-order valence-corrected chi connectivity index (χ1v) is 15.9. The molecule has 10 heteroatoms. The van der Waals surface area contributed by atoms with Crippen LogP contribution in [0.25, 0.3) is 0 Å². The number of benzene rings is 2. The number of piperidine rings is 1. The second-order valence-electron chi connectivity index (χ2n) is 12.4. The number of likely N-dealkylation sites (tertiary alicyclic amines) is 1. The minimum Gasteiger partial charge on any atom is -0.497 e. The van der Waals surface area contributed by atoms with Gasteiger partial charge < -0.3 is 25.6 Å². The van der Waals surface area contributed by atoms with Gasteiger partial charge in [0.05, 0.1) is 7.11 Å². The summed E-state index contributed by atoms with van der Waals surface area (Å²) in [5.41, 5.74) is 8.15. The van der Waals surface area contributed by atoms with Crippen LogP contribution in [0.4, 0.5) is 0 Å². The van der Waals surface area contributed by atoms with Crippen LogP contribution in [0, 0.1) is 5.92 Å². The van der Waals surface area contributed by atoms with Crippen molar-refractivity contribution in [3.63, 3.8) is 0 Å². The molecule has 3 N–H and O–H groups in total. The molecular weight excluding hydrogens is 564 g/mol. The van der Waals surface area contributed by atoms with E-state index in [4.69, 9.17) is 22.1 Å². The summed E-state index contributed by atoms with van der Waals surface area (Å²) in [5, 5.41) is 8.76. The number of carbonyl (C=O) groups excluding carboxylic acids is 2. The fourth-order valence-electron chi connectivity index (χ4n) is 6.01. The molecule has 0 bridgehead atoms. The standard InChI is InChI=1S/C33H49ClN6O3/c1-24(2)23-40(39-19-17-37(3)18-20-39)28-13-15-38(16-14-28)33(42)31(21-25-5-9-27(34)10-6-25)36-32(41)22-30(35)26-7-11-29(43-4)12-8-26/h5-12,24,28,30-31H,13-23,35H2,1-4H3,(H,36,41)/t30-,31-/m1/s1. The van der Waals surface area contributed by atoms with Gasteiger partial charge in [0.15, 0.2) is 0 Å². The van der Waals surface area contributed by atoms with Crippen LogP contribution in [0.15, 0.2) is 48.5 Å². The lowest BCUT2D eigenvalue weighted by atomic mass is 9.99. The molecule has 2 heterocycles. The molecular formula is C33H49ClN6O3. The summed E-state index contributed by atoms with van der Waals surface area (Å²) in [6, 6.07) is 14.1. The number of hydrazine groups is 1. The summed E-state index contributed by atoms with van der Waals surface area (Å²) in [4.78, 5) is 31.5. The maximum Gasteiger partial charge on any atom is 0.245 e. The molecule has 0 aromatic heterocycles. The van der Waals surface area contributed by atoms with Crippen LogP contribution in [0.1, 0.15) is 50.3 Å². The summed E-state index contributed by atoms with van der Waals surface area (Å²) >= 11 is 6.11. The average molecular weight is 613 g/mol. The van der Waals surface area contributed by atoms with Crippen LogP contribution < -0.4 is 15.8 Å². The van der Waals surface area contributed by atoms with Crippen molar-refractivity contribution in [2.24, 2.45) is 11.7 Å². The molecule has 2 aliphatic heterocycles. The number of ether oxygens (including phenoxy) is 1. The number of hydrogen-bond donors (Lipinski definition) is 2. The Morgan fingerprint density at radius 1 is 1.00 bits per heavy atom. The van der Waals surface area contributed by atoms with Crippen molar-refractivity contribution in [2.45, 2.75) is 57.7 Å². The predicted molar refractivity (Wildman–Crippen MR) is 172 cm³/mol. The zero-order chi connectivity index (χ0) is 30.9. The van der Waals surface area contributed by atoms with Crippen molar-refractivity contribution in [1.82, 2.24) is 25.1 Å². The van der Waals surface area contributed by atoms with Gasteiger partial charge in [0, 0.05) is 75.8 Å². The highest BCUT2D eigenvalue weighted by atomic mass is 35.5. The van der Waals surface area contributed by atoms with Crippen molar-refractivity contribution in [1.29, 1.82) is 0 Å². The van der Waals surface area contributed by atoms with Gasteiger partial charge in [0.2, 0.25) is 11.8 Å². The lowest BCUT2D eigenvalue weighted by molar-refractivity contribution is -0.140. The quantitative estimate of drug-likeness (QED) is 0.378. The molecule has 0 unspecified atom stereocenters. The largest absolute Gasteiger partial charge is 0.497 e. The minimum atomic E-state index is -0.683. The number of hydrogen-bond acceptors (Lipinski definition) is 7. The predicted octanol–water partition coefficient (Wildman–Crippen LogP) is 3.58. The van der Waals surface area contributed by atoms with E-state index in [-0.39, 0.29) is 18.2 Å². The van der Waals surface area contributed by atoms with Crippen molar-refractivity contribution in [2.75, 3.05) is 60.0 Å². The van der Waals surface area contributed by atoms with E-state index in [1.54, 1.807) is 7.11 Å². The van der Waals surface area contributed by atoms with E-state index in [9.17, 15) is 9.59 Å². The molecule has 9 nitrogen and oxygen atoms in total. The molecule has 2 fully saturated rings. The second-order valence-corrected chi connectivity index (χ2v) is 12.8. The van der Waals surface area contributed by atoms with Gasteiger partial charge in [-0.25, -0.2) is 10.0 Å². The summed E-state index contributed by atoms with van der Waals surface area (Å²) in [7, 11) is 3.79. The van der Waals surface area contributed by atoms with E-state index in [0.717, 1.165) is 62.4 Å². The fraction of sp³-hybridized carbons (Fsp3) is 0.576. The lowest BCUT2D eigenvalue weighted by Crippen LogP contribution is -2.60. The second kappa shape index (κ2) is 15.9. The molecule has 0 radical (unpaired) electrons. The minimum absolute atomic E-state index is 0.0465. The number of carbonyl (C=O) groups is 2. The zero-order valence-corrected chi connectivity index (χ0v) is 26.9. The van der Waals surface area contributed by atoms with Gasteiger partial charge in [0.1, 0.15) is 11.8 Å². The summed E-state index contributed by atoms with van der Waals surface area (Å²) < 4.78 is 5.22. The SMILES string of the molecule is COc1ccc([C@H](N)CC(=O)N[C@H](Cc2ccc(Cl)cc2)C(=O)N2CCC(N(CC(C)C)N3CCN(C)CC3)CC2)cc1. The Kier molecular flexibility index (Phi) is 12.2. The molecule has 0 spiro atoms. The first-order chi connectivity index (χ1) is 20.6. The van der Waals surface area contributed by atoms with Crippen LogP contribution >= 0.6 is 11.6 Å². The third kappa shape index (κ3) is 9.65. The maximum absolute atomic E-state index is 13.9. The molecule has 2 aromatic rings. The van der Waals surface area contributed by atoms with Crippen LogP contribution in [-0.4, -0.2) is 104 Å². The highest BCUT2D eigenvalue weighted by molar-refractivity contribution is 6.30. The van der Waals surface area contributed by atoms with Crippen molar-refractivity contribution < 1.29 is 14.3 Å². The smallest absolute Gasteiger partial charge is 0.245 e. The van der Waals surface area contributed by atoms with E-state index in [1.807, 2.05) is 53.4 Å². The molecule has 236 valence electrons. The van der Waals surface area contributed by atoms with Crippen molar-refractivity contribution >= 4 is 23.4 Å². The molecule has 43 heavy (non-hydrogen) atoms. The number of rotatable bonds is 12. The van der Waals surface area contributed by atoms with Crippen LogP contribution in [0.5, 0.6) is 5.75 Å². The van der Waals surface area contributed by atoms with Crippen molar-refractivity contribution in [3.8, 4) is 5.75 Å². The first kappa shape index (κ1) is 33.2. The Morgan fingerprint density at radius 2 is 1.63 bits per heavy atom. The summed E-state index contributed by atoms with van der Waals surface area (Å²) in [6.07, 6.45) is 2.29. The van der Waals surface area contributed by atoms with Crippen molar-refractivity contribution in [3.05, 3.63) is 64.7 Å². The topological polar surface area (TPSA) is 94.4 Å². The monoisotopic (exact) mass is 612 g/mol. The van der Waals surface area contributed by atoms with E-state index in [0.29, 0.717) is 36.5 Å². The molecule has 2 saturated heterocycles. The molecule has 2 aliphatic rings. The number of nitrogens with one attached hydrogen (secondary N) is 1.